The first kappa shape index (κ1) is 15.0. The van der Waals surface area contributed by atoms with Gasteiger partial charge >= 0.3 is 5.97 Å². The zero-order valence-electron chi connectivity index (χ0n) is 12.6. The van der Waals surface area contributed by atoms with E-state index in [1.807, 2.05) is 30.3 Å². The van der Waals surface area contributed by atoms with Crippen LogP contribution in [0.2, 0.25) is 0 Å². The SMILES string of the molecule is CO[C@@H](C(=O)N1C[C@H](C(=O)O)[C@@H](C2CC2)C1)c1ccccc1. The van der Waals surface area contributed by atoms with Crippen molar-refractivity contribution >= 4 is 11.9 Å². The van der Waals surface area contributed by atoms with E-state index >= 15 is 0 Å². The van der Waals surface area contributed by atoms with E-state index in [4.69, 9.17) is 4.74 Å². The number of amides is 1. The van der Waals surface area contributed by atoms with Gasteiger partial charge in [0.2, 0.25) is 0 Å². The van der Waals surface area contributed by atoms with Crippen molar-refractivity contribution in [2.24, 2.45) is 17.8 Å². The Bertz CT molecular complexity index is 555. The van der Waals surface area contributed by atoms with Gasteiger partial charge in [-0.3, -0.25) is 9.59 Å². The second kappa shape index (κ2) is 6.08. The van der Waals surface area contributed by atoms with Crippen molar-refractivity contribution in [3.63, 3.8) is 0 Å². The molecule has 1 aliphatic heterocycles. The summed E-state index contributed by atoms with van der Waals surface area (Å²) >= 11 is 0. The Labute approximate surface area is 129 Å². The number of carboxylic acids is 1. The van der Waals surface area contributed by atoms with Crippen LogP contribution in [0.25, 0.3) is 0 Å². The number of carbonyl (C=O) groups is 2. The van der Waals surface area contributed by atoms with E-state index in [0.29, 0.717) is 19.0 Å². The fourth-order valence-electron chi connectivity index (χ4n) is 3.45. The smallest absolute Gasteiger partial charge is 0.308 e. The number of carboxylic acid groups (broad SMARTS) is 1. The van der Waals surface area contributed by atoms with Gasteiger partial charge in [0.05, 0.1) is 5.92 Å². The number of ether oxygens (including phenoxy) is 1. The summed E-state index contributed by atoms with van der Waals surface area (Å²) in [5.41, 5.74) is 0.803. The van der Waals surface area contributed by atoms with Gasteiger partial charge in [-0.15, -0.1) is 0 Å². The van der Waals surface area contributed by atoms with Gasteiger partial charge in [0.15, 0.2) is 6.10 Å². The monoisotopic (exact) mass is 303 g/mol. The summed E-state index contributed by atoms with van der Waals surface area (Å²) in [4.78, 5) is 25.9. The number of hydrogen-bond donors (Lipinski definition) is 1. The molecule has 0 aromatic heterocycles. The van der Waals surface area contributed by atoms with E-state index in [1.54, 1.807) is 4.90 Å². The molecule has 2 fully saturated rings. The first-order valence-electron chi connectivity index (χ1n) is 7.71. The molecule has 22 heavy (non-hydrogen) atoms. The van der Waals surface area contributed by atoms with Crippen LogP contribution < -0.4 is 0 Å². The Hall–Kier alpha value is -1.88. The average Bonchev–Trinajstić information content (AvgIpc) is 3.27. The highest BCUT2D eigenvalue weighted by Gasteiger charge is 2.47. The van der Waals surface area contributed by atoms with E-state index in [2.05, 4.69) is 0 Å². The van der Waals surface area contributed by atoms with Crippen LogP contribution in [-0.2, 0) is 14.3 Å². The van der Waals surface area contributed by atoms with Crippen LogP contribution in [-0.4, -0.2) is 42.1 Å². The molecule has 118 valence electrons. The number of aliphatic carboxylic acids is 1. The minimum absolute atomic E-state index is 0.0923. The number of benzene rings is 1. The van der Waals surface area contributed by atoms with Crippen LogP contribution in [0.15, 0.2) is 30.3 Å². The van der Waals surface area contributed by atoms with Gasteiger partial charge in [0, 0.05) is 20.2 Å². The highest BCUT2D eigenvalue weighted by atomic mass is 16.5. The lowest BCUT2D eigenvalue weighted by Crippen LogP contribution is -2.35. The molecule has 0 radical (unpaired) electrons. The molecule has 1 N–H and O–H groups in total. The summed E-state index contributed by atoms with van der Waals surface area (Å²) in [6, 6.07) is 9.34. The molecule has 3 rings (SSSR count). The maximum atomic E-state index is 12.7. The fourth-order valence-corrected chi connectivity index (χ4v) is 3.45. The van der Waals surface area contributed by atoms with Crippen LogP contribution in [0, 0.1) is 17.8 Å². The number of methoxy groups -OCH3 is 1. The van der Waals surface area contributed by atoms with Crippen molar-refractivity contribution < 1.29 is 19.4 Å². The van der Waals surface area contributed by atoms with Gasteiger partial charge in [-0.25, -0.2) is 0 Å². The van der Waals surface area contributed by atoms with Gasteiger partial charge in [-0.05, 0) is 30.2 Å². The van der Waals surface area contributed by atoms with E-state index < -0.39 is 18.0 Å². The second-order valence-electron chi connectivity index (χ2n) is 6.22. The Morgan fingerprint density at radius 2 is 1.91 bits per heavy atom. The molecule has 1 saturated carbocycles. The van der Waals surface area contributed by atoms with Crippen LogP contribution in [0.3, 0.4) is 0 Å². The Balaban J connectivity index is 1.75. The maximum absolute atomic E-state index is 12.7. The summed E-state index contributed by atoms with van der Waals surface area (Å²) in [5, 5.41) is 9.40. The van der Waals surface area contributed by atoms with Gasteiger partial charge in [-0.1, -0.05) is 30.3 Å². The van der Waals surface area contributed by atoms with E-state index in [-0.39, 0.29) is 11.8 Å². The first-order chi connectivity index (χ1) is 10.6. The summed E-state index contributed by atoms with van der Waals surface area (Å²) in [5.74, 6) is -0.806. The van der Waals surface area contributed by atoms with Crippen LogP contribution >= 0.6 is 0 Å². The third-order valence-electron chi connectivity index (χ3n) is 4.78. The Morgan fingerprint density at radius 1 is 1.23 bits per heavy atom. The number of hydrogen-bond acceptors (Lipinski definition) is 3. The Kier molecular flexibility index (Phi) is 4.16. The van der Waals surface area contributed by atoms with Crippen molar-refractivity contribution in [3.8, 4) is 0 Å². The quantitative estimate of drug-likeness (QED) is 0.903. The molecule has 1 aliphatic carbocycles. The molecule has 0 bridgehead atoms. The lowest BCUT2D eigenvalue weighted by Gasteiger charge is -2.23. The van der Waals surface area contributed by atoms with Crippen molar-refractivity contribution in [1.29, 1.82) is 0 Å². The predicted molar refractivity (Wildman–Crippen MR) is 80.1 cm³/mol. The van der Waals surface area contributed by atoms with Gasteiger partial charge in [-0.2, -0.15) is 0 Å². The molecule has 3 atom stereocenters. The number of likely N-dealkylation sites (tertiary alicyclic amines) is 1. The lowest BCUT2D eigenvalue weighted by atomic mass is 9.92. The summed E-state index contributed by atoms with van der Waals surface area (Å²) < 4.78 is 5.38. The van der Waals surface area contributed by atoms with Gasteiger partial charge < -0.3 is 14.7 Å². The normalized spacial score (nSPS) is 26.0. The first-order valence-corrected chi connectivity index (χ1v) is 7.71. The van der Waals surface area contributed by atoms with Crippen molar-refractivity contribution in [1.82, 2.24) is 4.90 Å². The largest absolute Gasteiger partial charge is 0.481 e. The standard InChI is InChI=1S/C17H21NO4/c1-22-15(12-5-3-2-4-6-12)16(19)18-9-13(11-7-8-11)14(10-18)17(20)21/h2-6,11,13-15H,7-10H2,1H3,(H,20,21)/t13-,14+,15-/m1/s1. The third kappa shape index (κ3) is 2.86. The molecular weight excluding hydrogens is 282 g/mol. The fraction of sp³-hybridized carbons (Fsp3) is 0.529. The van der Waals surface area contributed by atoms with Crippen LogP contribution in [0.1, 0.15) is 24.5 Å². The molecule has 1 heterocycles. The summed E-state index contributed by atoms with van der Waals surface area (Å²) in [6.07, 6.45) is 1.51. The Morgan fingerprint density at radius 3 is 2.45 bits per heavy atom. The molecule has 1 amide bonds. The zero-order chi connectivity index (χ0) is 15.7. The summed E-state index contributed by atoms with van der Waals surface area (Å²) in [7, 11) is 1.51. The lowest BCUT2D eigenvalue weighted by molar-refractivity contribution is -0.144. The predicted octanol–water partition coefficient (Wildman–Crippen LogP) is 1.94. The molecule has 1 aromatic carbocycles. The summed E-state index contributed by atoms with van der Waals surface area (Å²) in [6.45, 7) is 0.829. The minimum atomic E-state index is -0.791. The third-order valence-corrected chi connectivity index (χ3v) is 4.78. The van der Waals surface area contributed by atoms with Crippen LogP contribution in [0.5, 0.6) is 0 Å². The molecule has 5 heteroatoms. The van der Waals surface area contributed by atoms with E-state index in [0.717, 1.165) is 18.4 Å². The number of rotatable bonds is 5. The average molecular weight is 303 g/mol. The molecule has 0 unspecified atom stereocenters. The molecule has 2 aliphatic rings. The van der Waals surface area contributed by atoms with E-state index in [1.165, 1.54) is 7.11 Å². The topological polar surface area (TPSA) is 66.8 Å². The van der Waals surface area contributed by atoms with E-state index in [9.17, 15) is 14.7 Å². The highest BCUT2D eigenvalue weighted by molar-refractivity contribution is 5.84. The van der Waals surface area contributed by atoms with Gasteiger partial charge in [0.25, 0.3) is 5.91 Å². The second-order valence-corrected chi connectivity index (χ2v) is 6.22. The minimum Gasteiger partial charge on any atom is -0.481 e. The number of carbonyl (C=O) groups excluding carboxylic acids is 1. The number of nitrogens with zero attached hydrogens (tertiary/aromatic N) is 1. The van der Waals surface area contributed by atoms with Crippen molar-refractivity contribution in [2.75, 3.05) is 20.2 Å². The highest BCUT2D eigenvalue weighted by Crippen LogP contribution is 2.44. The van der Waals surface area contributed by atoms with Crippen molar-refractivity contribution in [2.45, 2.75) is 18.9 Å². The van der Waals surface area contributed by atoms with Crippen LogP contribution in [0.4, 0.5) is 0 Å². The molecule has 1 aromatic rings. The van der Waals surface area contributed by atoms with Gasteiger partial charge in [0.1, 0.15) is 0 Å². The molecule has 1 saturated heterocycles. The van der Waals surface area contributed by atoms with Crippen molar-refractivity contribution in [3.05, 3.63) is 35.9 Å². The molecular formula is C17H21NO4. The molecule has 5 nitrogen and oxygen atoms in total. The maximum Gasteiger partial charge on any atom is 0.308 e. The zero-order valence-corrected chi connectivity index (χ0v) is 12.6. The molecule has 0 spiro atoms.